The zero-order chi connectivity index (χ0) is 37.0. The van der Waals surface area contributed by atoms with Crippen molar-refractivity contribution in [3.05, 3.63) is 200 Å². The van der Waals surface area contributed by atoms with Crippen LogP contribution in [0.4, 0.5) is 0 Å². The van der Waals surface area contributed by atoms with Gasteiger partial charge in [-0.1, -0.05) is 152 Å². The summed E-state index contributed by atoms with van der Waals surface area (Å²) >= 11 is 0. The predicted octanol–water partition coefficient (Wildman–Crippen LogP) is 13.8. The van der Waals surface area contributed by atoms with E-state index in [1.807, 2.05) is 24.3 Å². The molecule has 0 spiro atoms. The first-order chi connectivity index (χ1) is 27.8. The molecule has 0 radical (unpaired) electrons. The molecule has 0 N–H and O–H groups in total. The number of nitrogens with zero attached hydrogens (tertiary/aromatic N) is 3. The van der Waals surface area contributed by atoms with Crippen LogP contribution in [0, 0.1) is 0 Å². The van der Waals surface area contributed by atoms with Gasteiger partial charge < -0.3 is 8.98 Å². The zero-order valence-electron chi connectivity index (χ0n) is 30.3. The molecular formula is C52H33N3O. The third-order valence-corrected chi connectivity index (χ3v) is 10.8. The molecule has 11 rings (SSSR count). The van der Waals surface area contributed by atoms with Crippen LogP contribution in [0.2, 0.25) is 0 Å². The topological polar surface area (TPSA) is 43.9 Å². The van der Waals surface area contributed by atoms with E-state index in [-0.39, 0.29) is 0 Å². The Morgan fingerprint density at radius 2 is 0.982 bits per heavy atom. The van der Waals surface area contributed by atoms with E-state index in [0.717, 1.165) is 66.6 Å². The van der Waals surface area contributed by atoms with Crippen LogP contribution >= 0.6 is 0 Å². The molecule has 8 aromatic carbocycles. The maximum Gasteiger partial charge on any atom is 0.231 e. The van der Waals surface area contributed by atoms with Gasteiger partial charge in [0, 0.05) is 33.0 Å². The quantitative estimate of drug-likeness (QED) is 0.172. The minimum absolute atomic E-state index is 0.572. The second-order valence-corrected chi connectivity index (χ2v) is 14.2. The van der Waals surface area contributed by atoms with Crippen LogP contribution in [0.1, 0.15) is 0 Å². The van der Waals surface area contributed by atoms with Gasteiger partial charge in [0.2, 0.25) is 5.71 Å². The summed E-state index contributed by atoms with van der Waals surface area (Å²) in [4.78, 5) is 10.4. The second-order valence-electron chi connectivity index (χ2n) is 14.2. The molecule has 0 aliphatic carbocycles. The Hall–Kier alpha value is -7.56. The lowest BCUT2D eigenvalue weighted by Gasteiger charge is -2.11. The van der Waals surface area contributed by atoms with Crippen molar-refractivity contribution in [3.63, 3.8) is 0 Å². The van der Waals surface area contributed by atoms with Crippen LogP contribution in [0.25, 0.3) is 106 Å². The molecule has 0 saturated heterocycles. The van der Waals surface area contributed by atoms with Crippen LogP contribution in [-0.4, -0.2) is 14.5 Å². The first-order valence-corrected chi connectivity index (χ1v) is 18.9. The molecule has 0 aliphatic heterocycles. The van der Waals surface area contributed by atoms with Crippen LogP contribution < -0.4 is 0 Å². The smallest absolute Gasteiger partial charge is 0.231 e. The molecule has 4 heteroatoms. The van der Waals surface area contributed by atoms with Crippen LogP contribution in [0.5, 0.6) is 0 Å². The van der Waals surface area contributed by atoms with Gasteiger partial charge in [0.15, 0.2) is 5.82 Å². The van der Waals surface area contributed by atoms with E-state index in [1.54, 1.807) is 0 Å². The third-order valence-electron chi connectivity index (χ3n) is 10.8. The molecule has 0 fully saturated rings. The third kappa shape index (κ3) is 5.31. The maximum absolute atomic E-state index is 6.45. The number of furan rings is 1. The standard InChI is InChI=1S/C52H33N3O/c1-4-15-34(16-5-1)36-19-12-22-40(31-36)51-53-50(49-43-25-10-11-28-47(43)56-52(49)54-51)39-21-13-20-38(32-39)42-26-14-27-46-48(42)44-33-37(35-17-6-2-7-18-35)29-30-45(44)55(46)41-23-8-3-9-24-41/h1-33H. The summed E-state index contributed by atoms with van der Waals surface area (Å²) in [6.45, 7) is 0. The predicted molar refractivity (Wildman–Crippen MR) is 231 cm³/mol. The number of hydrogen-bond donors (Lipinski definition) is 0. The van der Waals surface area contributed by atoms with Crippen LogP contribution in [0.3, 0.4) is 0 Å². The van der Waals surface area contributed by atoms with E-state index in [2.05, 4.69) is 180 Å². The van der Waals surface area contributed by atoms with E-state index >= 15 is 0 Å². The highest BCUT2D eigenvalue weighted by Gasteiger charge is 2.21. The lowest BCUT2D eigenvalue weighted by molar-refractivity contribution is 0.653. The highest BCUT2D eigenvalue weighted by molar-refractivity contribution is 6.17. The molecule has 3 aromatic heterocycles. The summed E-state index contributed by atoms with van der Waals surface area (Å²) in [5.74, 6) is 0.621. The van der Waals surface area contributed by atoms with Crippen molar-refractivity contribution in [3.8, 4) is 61.7 Å². The van der Waals surface area contributed by atoms with Crippen molar-refractivity contribution in [1.29, 1.82) is 0 Å². The van der Waals surface area contributed by atoms with E-state index in [1.165, 1.54) is 27.4 Å². The van der Waals surface area contributed by atoms with Gasteiger partial charge in [-0.2, -0.15) is 4.98 Å². The fraction of sp³-hybridized carbons (Fsp3) is 0. The summed E-state index contributed by atoms with van der Waals surface area (Å²) in [5.41, 5.74) is 14.5. The lowest BCUT2D eigenvalue weighted by atomic mass is 9.95. The van der Waals surface area contributed by atoms with Gasteiger partial charge in [-0.25, -0.2) is 4.98 Å². The molecule has 3 heterocycles. The van der Waals surface area contributed by atoms with Gasteiger partial charge in [-0.3, -0.25) is 0 Å². The van der Waals surface area contributed by atoms with Crippen LogP contribution in [-0.2, 0) is 0 Å². The van der Waals surface area contributed by atoms with E-state index in [0.29, 0.717) is 11.5 Å². The molecular weight excluding hydrogens is 683 g/mol. The normalized spacial score (nSPS) is 11.6. The Labute approximate surface area is 323 Å². The minimum Gasteiger partial charge on any atom is -0.438 e. The average molecular weight is 716 g/mol. The average Bonchev–Trinajstić information content (AvgIpc) is 3.83. The minimum atomic E-state index is 0.572. The SMILES string of the molecule is c1ccc(-c2cccc(-c3nc(-c4cccc(-c5cccc6c5c5cc(-c7ccccc7)ccc5n6-c5ccccc5)c4)c4c(n3)oc3ccccc34)c2)cc1. The molecule has 4 nitrogen and oxygen atoms in total. The largest absolute Gasteiger partial charge is 0.438 e. The number of aromatic nitrogens is 3. The molecule has 0 aliphatic rings. The second kappa shape index (κ2) is 13.1. The molecule has 0 atom stereocenters. The molecule has 0 bridgehead atoms. The molecule has 11 aromatic rings. The van der Waals surface area contributed by atoms with Crippen molar-refractivity contribution in [2.75, 3.05) is 0 Å². The summed E-state index contributed by atoms with van der Waals surface area (Å²) in [6.07, 6.45) is 0. The van der Waals surface area contributed by atoms with E-state index in [4.69, 9.17) is 14.4 Å². The fourth-order valence-electron chi connectivity index (χ4n) is 8.24. The van der Waals surface area contributed by atoms with Crippen molar-refractivity contribution < 1.29 is 4.42 Å². The summed E-state index contributed by atoms with van der Waals surface area (Å²) < 4.78 is 8.83. The van der Waals surface area contributed by atoms with Gasteiger partial charge in [-0.05, 0) is 81.9 Å². The highest BCUT2D eigenvalue weighted by Crippen LogP contribution is 2.42. The number of fused-ring (bicyclic) bond motifs is 6. The lowest BCUT2D eigenvalue weighted by Crippen LogP contribution is -1.95. The fourth-order valence-corrected chi connectivity index (χ4v) is 8.24. The maximum atomic E-state index is 6.45. The van der Waals surface area contributed by atoms with Gasteiger partial charge in [0.25, 0.3) is 0 Å². The Balaban J connectivity index is 1.14. The Morgan fingerprint density at radius 3 is 1.77 bits per heavy atom. The van der Waals surface area contributed by atoms with Crippen molar-refractivity contribution in [2.24, 2.45) is 0 Å². The monoisotopic (exact) mass is 715 g/mol. The number of hydrogen-bond acceptors (Lipinski definition) is 3. The Morgan fingerprint density at radius 1 is 0.375 bits per heavy atom. The van der Waals surface area contributed by atoms with Gasteiger partial charge >= 0.3 is 0 Å². The first kappa shape index (κ1) is 31.9. The van der Waals surface area contributed by atoms with Crippen molar-refractivity contribution in [1.82, 2.24) is 14.5 Å². The first-order valence-electron chi connectivity index (χ1n) is 18.9. The summed E-state index contributed by atoms with van der Waals surface area (Å²) in [5, 5.41) is 4.32. The number of rotatable bonds is 6. The molecule has 262 valence electrons. The molecule has 56 heavy (non-hydrogen) atoms. The molecule has 0 saturated carbocycles. The van der Waals surface area contributed by atoms with Gasteiger partial charge in [0.05, 0.1) is 22.1 Å². The van der Waals surface area contributed by atoms with Crippen molar-refractivity contribution >= 4 is 43.9 Å². The van der Waals surface area contributed by atoms with Crippen LogP contribution in [0.15, 0.2) is 205 Å². The summed E-state index contributed by atoms with van der Waals surface area (Å²) in [7, 11) is 0. The van der Waals surface area contributed by atoms with Crippen molar-refractivity contribution in [2.45, 2.75) is 0 Å². The molecule has 0 unspecified atom stereocenters. The van der Waals surface area contributed by atoms with Gasteiger partial charge in [0.1, 0.15) is 5.58 Å². The highest BCUT2D eigenvalue weighted by atomic mass is 16.3. The number of para-hydroxylation sites is 2. The number of benzene rings is 8. The Bertz CT molecular complexity index is 3240. The zero-order valence-corrected chi connectivity index (χ0v) is 30.3. The van der Waals surface area contributed by atoms with E-state index < -0.39 is 0 Å². The Kier molecular flexibility index (Phi) is 7.46. The summed E-state index contributed by atoms with van der Waals surface area (Å²) in [6, 6.07) is 70.5. The molecule has 0 amide bonds. The van der Waals surface area contributed by atoms with E-state index in [9.17, 15) is 0 Å². The van der Waals surface area contributed by atoms with Gasteiger partial charge in [-0.15, -0.1) is 0 Å².